The zero-order valence-corrected chi connectivity index (χ0v) is 11.5. The maximum atomic E-state index is 7.17. The number of guanidine groups is 1. The molecule has 0 atom stereocenters. The lowest BCUT2D eigenvalue weighted by molar-refractivity contribution is 1.34. The topological polar surface area (TPSA) is 74.8 Å². The van der Waals surface area contributed by atoms with Crippen LogP contribution in [0.3, 0.4) is 0 Å². The highest BCUT2D eigenvalue weighted by molar-refractivity contribution is 9.10. The second-order valence-corrected chi connectivity index (χ2v) is 5.59. The molecule has 0 saturated heterocycles. The summed E-state index contributed by atoms with van der Waals surface area (Å²) in [4.78, 5) is 5.51. The fourth-order valence-electron chi connectivity index (χ4n) is 1.44. The molecule has 4 nitrogen and oxygen atoms in total. The highest BCUT2D eigenvalue weighted by Crippen LogP contribution is 2.30. The smallest absolute Gasteiger partial charge is 0.192 e. The van der Waals surface area contributed by atoms with Crippen molar-refractivity contribution in [2.24, 2.45) is 5.73 Å². The fourth-order valence-corrected chi connectivity index (χ4v) is 2.55. The lowest BCUT2D eigenvalue weighted by Gasteiger charge is -1.98. The van der Waals surface area contributed by atoms with Gasteiger partial charge in [-0.2, -0.15) is 0 Å². The van der Waals surface area contributed by atoms with E-state index >= 15 is 0 Å². The molecule has 17 heavy (non-hydrogen) atoms. The molecule has 1 heterocycles. The summed E-state index contributed by atoms with van der Waals surface area (Å²) in [6, 6.07) is 7.96. The molecule has 2 rings (SSSR count). The van der Waals surface area contributed by atoms with Gasteiger partial charge >= 0.3 is 0 Å². The Morgan fingerprint density at radius 1 is 1.41 bits per heavy atom. The fraction of sp³-hybridized carbons (Fsp3) is 0.0909. The van der Waals surface area contributed by atoms with E-state index in [0.29, 0.717) is 5.13 Å². The van der Waals surface area contributed by atoms with Crippen molar-refractivity contribution in [3.05, 3.63) is 33.6 Å². The Morgan fingerprint density at radius 2 is 2.06 bits per heavy atom. The van der Waals surface area contributed by atoms with Crippen LogP contribution in [0.1, 0.15) is 4.88 Å². The van der Waals surface area contributed by atoms with Crippen molar-refractivity contribution in [2.75, 3.05) is 5.32 Å². The summed E-state index contributed by atoms with van der Waals surface area (Å²) >= 11 is 4.89. The van der Waals surface area contributed by atoms with Crippen molar-refractivity contribution in [1.29, 1.82) is 5.41 Å². The monoisotopic (exact) mass is 310 g/mol. The van der Waals surface area contributed by atoms with Gasteiger partial charge in [-0.1, -0.05) is 28.1 Å². The molecule has 0 aliphatic carbocycles. The van der Waals surface area contributed by atoms with Crippen LogP contribution in [0.4, 0.5) is 5.13 Å². The van der Waals surface area contributed by atoms with Gasteiger partial charge in [0.2, 0.25) is 0 Å². The lowest BCUT2D eigenvalue weighted by Crippen LogP contribution is -2.20. The van der Waals surface area contributed by atoms with Crippen molar-refractivity contribution in [3.8, 4) is 11.3 Å². The lowest BCUT2D eigenvalue weighted by atomic mass is 10.1. The summed E-state index contributed by atoms with van der Waals surface area (Å²) in [6.07, 6.45) is 0. The van der Waals surface area contributed by atoms with Crippen LogP contribution in [0.5, 0.6) is 0 Å². The minimum atomic E-state index is -0.0962. The van der Waals surface area contributed by atoms with Crippen molar-refractivity contribution < 1.29 is 0 Å². The second kappa shape index (κ2) is 4.85. The minimum Gasteiger partial charge on any atom is -0.370 e. The molecule has 0 aliphatic heterocycles. The number of halogens is 1. The van der Waals surface area contributed by atoms with E-state index in [0.717, 1.165) is 20.6 Å². The summed E-state index contributed by atoms with van der Waals surface area (Å²) in [5, 5.41) is 10.5. The van der Waals surface area contributed by atoms with Crippen LogP contribution in [0.15, 0.2) is 28.7 Å². The summed E-state index contributed by atoms with van der Waals surface area (Å²) in [5.41, 5.74) is 7.25. The molecular weight excluding hydrogens is 300 g/mol. The number of hydrogen-bond acceptors (Lipinski definition) is 3. The second-order valence-electron chi connectivity index (χ2n) is 3.47. The van der Waals surface area contributed by atoms with E-state index in [1.165, 1.54) is 11.3 Å². The van der Waals surface area contributed by atoms with E-state index in [2.05, 4.69) is 26.2 Å². The van der Waals surface area contributed by atoms with Gasteiger partial charge in [0.05, 0.1) is 5.69 Å². The third-order valence-corrected chi connectivity index (χ3v) is 3.57. The average molecular weight is 311 g/mol. The molecule has 4 N–H and O–H groups in total. The SMILES string of the molecule is Cc1sc(NC(=N)N)nc1-c1ccc(Br)cc1. The molecule has 0 saturated carbocycles. The van der Waals surface area contributed by atoms with Gasteiger partial charge in [-0.3, -0.25) is 5.41 Å². The standard InChI is InChI=1S/C11H11BrN4S/c1-6-9(7-2-4-8(12)5-3-7)15-11(17-6)16-10(13)14/h2-5H,1H3,(H4,13,14,15,16). The molecule has 1 aromatic heterocycles. The van der Waals surface area contributed by atoms with Crippen molar-refractivity contribution >= 4 is 38.4 Å². The molecule has 0 amide bonds. The third-order valence-electron chi connectivity index (χ3n) is 2.16. The Balaban J connectivity index is 2.35. The van der Waals surface area contributed by atoms with E-state index in [-0.39, 0.29) is 5.96 Å². The normalized spacial score (nSPS) is 10.2. The molecule has 2 aromatic rings. The van der Waals surface area contributed by atoms with Crippen molar-refractivity contribution in [2.45, 2.75) is 6.92 Å². The molecule has 0 spiro atoms. The van der Waals surface area contributed by atoms with Crippen LogP contribution in [0.25, 0.3) is 11.3 Å². The molecule has 0 aliphatic rings. The first kappa shape index (κ1) is 12.1. The first-order valence-electron chi connectivity index (χ1n) is 4.90. The molecule has 0 fully saturated rings. The number of nitrogens with two attached hydrogens (primary N) is 1. The number of hydrogen-bond donors (Lipinski definition) is 3. The summed E-state index contributed by atoms with van der Waals surface area (Å²) in [6.45, 7) is 2.00. The van der Waals surface area contributed by atoms with E-state index in [1.54, 1.807) is 0 Å². The number of aromatic nitrogens is 1. The van der Waals surface area contributed by atoms with Gasteiger partial charge in [-0.05, 0) is 19.1 Å². The van der Waals surface area contributed by atoms with Crippen LogP contribution in [0, 0.1) is 12.3 Å². The average Bonchev–Trinajstić information content (AvgIpc) is 2.59. The highest BCUT2D eigenvalue weighted by Gasteiger charge is 2.09. The molecular formula is C11H11BrN4S. The number of aryl methyl sites for hydroxylation is 1. The van der Waals surface area contributed by atoms with E-state index < -0.39 is 0 Å². The van der Waals surface area contributed by atoms with Gasteiger partial charge in [-0.15, -0.1) is 11.3 Å². The van der Waals surface area contributed by atoms with Crippen molar-refractivity contribution in [1.82, 2.24) is 4.98 Å². The van der Waals surface area contributed by atoms with Crippen LogP contribution >= 0.6 is 27.3 Å². The zero-order chi connectivity index (χ0) is 12.4. The predicted octanol–water partition coefficient (Wildman–Crippen LogP) is 3.19. The zero-order valence-electron chi connectivity index (χ0n) is 9.12. The number of benzene rings is 1. The number of anilines is 1. The summed E-state index contributed by atoms with van der Waals surface area (Å²) in [7, 11) is 0. The maximum Gasteiger partial charge on any atom is 0.192 e. The van der Waals surface area contributed by atoms with Crippen LogP contribution in [0.2, 0.25) is 0 Å². The molecule has 6 heteroatoms. The Labute approximate surface area is 112 Å². The van der Waals surface area contributed by atoms with Gasteiger partial charge in [0.25, 0.3) is 0 Å². The molecule has 0 unspecified atom stereocenters. The quantitative estimate of drug-likeness (QED) is 0.589. The van der Waals surface area contributed by atoms with Crippen molar-refractivity contribution in [3.63, 3.8) is 0 Å². The summed E-state index contributed by atoms with van der Waals surface area (Å²) < 4.78 is 1.04. The van der Waals surface area contributed by atoms with Gasteiger partial charge in [0.1, 0.15) is 0 Å². The molecule has 0 radical (unpaired) electrons. The highest BCUT2D eigenvalue weighted by atomic mass is 79.9. The first-order chi connectivity index (χ1) is 8.06. The van der Waals surface area contributed by atoms with Crippen LogP contribution < -0.4 is 11.1 Å². The Kier molecular flexibility index (Phi) is 3.44. The molecule has 0 bridgehead atoms. The molecule has 88 valence electrons. The minimum absolute atomic E-state index is 0.0962. The summed E-state index contributed by atoms with van der Waals surface area (Å²) in [5.74, 6) is -0.0962. The Bertz CT molecular complexity index is 547. The Morgan fingerprint density at radius 3 is 2.65 bits per heavy atom. The van der Waals surface area contributed by atoms with Crippen LogP contribution in [-0.4, -0.2) is 10.9 Å². The predicted molar refractivity (Wildman–Crippen MR) is 75.5 cm³/mol. The number of nitrogens with zero attached hydrogens (tertiary/aromatic N) is 1. The van der Waals surface area contributed by atoms with E-state index in [1.807, 2.05) is 31.2 Å². The Hall–Kier alpha value is -1.40. The number of nitrogens with one attached hydrogen (secondary N) is 2. The number of rotatable bonds is 2. The maximum absolute atomic E-state index is 7.17. The van der Waals surface area contributed by atoms with Gasteiger partial charge in [-0.25, -0.2) is 4.98 Å². The van der Waals surface area contributed by atoms with E-state index in [4.69, 9.17) is 11.1 Å². The number of thiazole rings is 1. The first-order valence-corrected chi connectivity index (χ1v) is 6.51. The largest absolute Gasteiger partial charge is 0.370 e. The van der Waals surface area contributed by atoms with Gasteiger partial charge in [0, 0.05) is 14.9 Å². The molecule has 1 aromatic carbocycles. The van der Waals surface area contributed by atoms with Crippen LogP contribution in [-0.2, 0) is 0 Å². The van der Waals surface area contributed by atoms with Gasteiger partial charge in [0.15, 0.2) is 11.1 Å². The third kappa shape index (κ3) is 2.83. The van der Waals surface area contributed by atoms with Gasteiger partial charge < -0.3 is 11.1 Å². The van der Waals surface area contributed by atoms with E-state index in [9.17, 15) is 0 Å².